The Hall–Kier alpha value is -1.28. The molecule has 2 rings (SSSR count). The van der Waals surface area contributed by atoms with Crippen molar-refractivity contribution < 1.29 is 4.74 Å². The van der Waals surface area contributed by atoms with Gasteiger partial charge in [-0.1, -0.05) is 36.4 Å². The maximum absolute atomic E-state index is 5.24. The summed E-state index contributed by atoms with van der Waals surface area (Å²) in [7, 11) is 1.66. The summed E-state index contributed by atoms with van der Waals surface area (Å²) in [6.07, 6.45) is 0. The molecular weight excluding hydrogens is 481 g/mol. The van der Waals surface area contributed by atoms with Crippen LogP contribution in [0, 0.1) is 0 Å². The van der Waals surface area contributed by atoms with Gasteiger partial charge in [0.15, 0.2) is 5.96 Å². The number of halogens is 2. The van der Waals surface area contributed by atoms with Crippen LogP contribution in [-0.2, 0) is 13.1 Å². The van der Waals surface area contributed by atoms with Crippen molar-refractivity contribution in [2.24, 2.45) is 4.99 Å². The average Bonchev–Trinajstić information content (AvgIpc) is 2.58. The first kappa shape index (κ1) is 20.8. The van der Waals surface area contributed by atoms with E-state index in [0.29, 0.717) is 6.54 Å². The second-order valence-electron chi connectivity index (χ2n) is 5.00. The minimum Gasteiger partial charge on any atom is -0.496 e. The molecule has 0 heterocycles. The van der Waals surface area contributed by atoms with Crippen LogP contribution < -0.4 is 15.4 Å². The number of guanidine groups is 1. The number of nitrogens with zero attached hydrogens (tertiary/aromatic N) is 1. The van der Waals surface area contributed by atoms with Crippen LogP contribution in [0.5, 0.6) is 5.75 Å². The van der Waals surface area contributed by atoms with Crippen molar-refractivity contribution in [2.45, 2.75) is 20.0 Å². The Labute approximate surface area is 169 Å². The summed E-state index contributed by atoms with van der Waals surface area (Å²) in [6, 6.07) is 16.3. The predicted octanol–water partition coefficient (Wildman–Crippen LogP) is 4.33. The summed E-state index contributed by atoms with van der Waals surface area (Å²) >= 11 is 3.50. The van der Waals surface area contributed by atoms with Gasteiger partial charge in [0.25, 0.3) is 0 Å². The molecule has 0 saturated carbocycles. The third-order valence-corrected chi connectivity index (χ3v) is 3.90. The smallest absolute Gasteiger partial charge is 0.191 e. The molecule has 2 aromatic rings. The maximum Gasteiger partial charge on any atom is 0.191 e. The van der Waals surface area contributed by atoms with Crippen LogP contribution in [0.15, 0.2) is 58.0 Å². The second-order valence-corrected chi connectivity index (χ2v) is 5.86. The molecule has 2 N–H and O–H groups in total. The summed E-state index contributed by atoms with van der Waals surface area (Å²) in [5, 5.41) is 6.61. The fourth-order valence-electron chi connectivity index (χ4n) is 2.10. The molecule has 0 atom stereocenters. The number of nitrogens with one attached hydrogen (secondary N) is 2. The molecule has 24 heavy (non-hydrogen) atoms. The zero-order chi connectivity index (χ0) is 16.5. The number of benzene rings is 2. The van der Waals surface area contributed by atoms with Crippen molar-refractivity contribution in [3.8, 4) is 5.75 Å². The molecule has 0 radical (unpaired) electrons. The molecule has 0 amide bonds. The van der Waals surface area contributed by atoms with Crippen LogP contribution >= 0.6 is 39.9 Å². The molecule has 130 valence electrons. The van der Waals surface area contributed by atoms with Crippen LogP contribution in [0.2, 0.25) is 0 Å². The number of aliphatic imine (C=N–C) groups is 1. The first-order valence-electron chi connectivity index (χ1n) is 7.61. The second kappa shape index (κ2) is 11.3. The minimum atomic E-state index is 0. The summed E-state index contributed by atoms with van der Waals surface area (Å²) in [5.74, 6) is 1.63. The van der Waals surface area contributed by atoms with Crippen LogP contribution in [-0.4, -0.2) is 19.6 Å². The highest BCUT2D eigenvalue weighted by Crippen LogP contribution is 2.25. The molecular formula is C18H23BrIN3O. The van der Waals surface area contributed by atoms with E-state index in [2.05, 4.69) is 50.6 Å². The molecule has 0 fully saturated rings. The quantitative estimate of drug-likeness (QED) is 0.350. The third kappa shape index (κ3) is 6.68. The fourth-order valence-corrected chi connectivity index (χ4v) is 2.69. The Morgan fingerprint density at radius 3 is 2.46 bits per heavy atom. The fraction of sp³-hybridized carbons (Fsp3) is 0.278. The lowest BCUT2D eigenvalue weighted by atomic mass is 10.2. The lowest BCUT2D eigenvalue weighted by molar-refractivity contribution is 0.412. The molecule has 0 bridgehead atoms. The Morgan fingerprint density at radius 1 is 1.08 bits per heavy atom. The minimum absolute atomic E-state index is 0. The van der Waals surface area contributed by atoms with Gasteiger partial charge in [-0.25, -0.2) is 4.99 Å². The van der Waals surface area contributed by atoms with Gasteiger partial charge in [-0.05, 0) is 46.1 Å². The molecule has 4 nitrogen and oxygen atoms in total. The van der Waals surface area contributed by atoms with E-state index in [1.807, 2.05) is 36.4 Å². The topological polar surface area (TPSA) is 45.7 Å². The van der Waals surface area contributed by atoms with Crippen molar-refractivity contribution >= 4 is 45.9 Å². The van der Waals surface area contributed by atoms with Gasteiger partial charge in [-0.3, -0.25) is 0 Å². The SMILES string of the molecule is CCNC(=NCc1ccc(OC)c(Br)c1)NCc1ccccc1.I. The van der Waals surface area contributed by atoms with E-state index in [4.69, 9.17) is 4.74 Å². The third-order valence-electron chi connectivity index (χ3n) is 3.28. The normalized spacial score (nSPS) is 10.7. The number of hydrogen-bond donors (Lipinski definition) is 2. The van der Waals surface area contributed by atoms with Gasteiger partial charge in [-0.2, -0.15) is 0 Å². The summed E-state index contributed by atoms with van der Waals surface area (Å²) in [5.41, 5.74) is 2.35. The van der Waals surface area contributed by atoms with Crippen molar-refractivity contribution in [1.82, 2.24) is 10.6 Å². The molecule has 0 saturated heterocycles. The number of hydrogen-bond acceptors (Lipinski definition) is 2. The lowest BCUT2D eigenvalue weighted by Crippen LogP contribution is -2.36. The molecule has 6 heteroatoms. The number of methoxy groups -OCH3 is 1. The van der Waals surface area contributed by atoms with Crippen LogP contribution in [0.4, 0.5) is 0 Å². The highest BCUT2D eigenvalue weighted by atomic mass is 127. The van der Waals surface area contributed by atoms with E-state index in [1.54, 1.807) is 7.11 Å². The summed E-state index contributed by atoms with van der Waals surface area (Å²) < 4.78 is 6.18. The van der Waals surface area contributed by atoms with Crippen LogP contribution in [0.3, 0.4) is 0 Å². The first-order chi connectivity index (χ1) is 11.2. The highest BCUT2D eigenvalue weighted by Gasteiger charge is 2.02. The van der Waals surface area contributed by atoms with E-state index in [0.717, 1.165) is 34.8 Å². The Kier molecular flexibility index (Phi) is 9.78. The molecule has 0 aromatic heterocycles. The molecule has 0 spiro atoms. The van der Waals surface area contributed by atoms with Gasteiger partial charge >= 0.3 is 0 Å². The van der Waals surface area contributed by atoms with Crippen molar-refractivity contribution in [2.75, 3.05) is 13.7 Å². The molecule has 2 aromatic carbocycles. The Morgan fingerprint density at radius 2 is 1.83 bits per heavy atom. The number of ether oxygens (including phenoxy) is 1. The van der Waals surface area contributed by atoms with Gasteiger partial charge in [0, 0.05) is 13.1 Å². The van der Waals surface area contributed by atoms with Gasteiger partial charge in [0.1, 0.15) is 5.75 Å². The average molecular weight is 504 g/mol. The Balaban J connectivity index is 0.00000288. The van der Waals surface area contributed by atoms with E-state index in [1.165, 1.54) is 5.56 Å². The van der Waals surface area contributed by atoms with Crippen LogP contribution in [0.1, 0.15) is 18.1 Å². The lowest BCUT2D eigenvalue weighted by Gasteiger charge is -2.11. The predicted molar refractivity (Wildman–Crippen MR) is 114 cm³/mol. The largest absolute Gasteiger partial charge is 0.496 e. The molecule has 0 aliphatic carbocycles. The van der Waals surface area contributed by atoms with Gasteiger partial charge in [0.05, 0.1) is 18.1 Å². The van der Waals surface area contributed by atoms with E-state index in [-0.39, 0.29) is 24.0 Å². The molecule has 0 aliphatic heterocycles. The van der Waals surface area contributed by atoms with E-state index < -0.39 is 0 Å². The summed E-state index contributed by atoms with van der Waals surface area (Å²) in [6.45, 7) is 4.24. The monoisotopic (exact) mass is 503 g/mol. The van der Waals surface area contributed by atoms with Crippen molar-refractivity contribution in [3.63, 3.8) is 0 Å². The van der Waals surface area contributed by atoms with Crippen molar-refractivity contribution in [1.29, 1.82) is 0 Å². The first-order valence-corrected chi connectivity index (χ1v) is 8.40. The molecule has 0 aliphatic rings. The Bertz CT molecular complexity index is 650. The zero-order valence-electron chi connectivity index (χ0n) is 13.9. The van der Waals surface area contributed by atoms with E-state index in [9.17, 15) is 0 Å². The van der Waals surface area contributed by atoms with Crippen LogP contribution in [0.25, 0.3) is 0 Å². The standard InChI is InChI=1S/C18H22BrN3O.HI/c1-3-20-18(21-12-14-7-5-4-6-8-14)22-13-15-9-10-17(23-2)16(19)11-15;/h4-11H,3,12-13H2,1-2H3,(H2,20,21,22);1H. The summed E-state index contributed by atoms with van der Waals surface area (Å²) in [4.78, 5) is 4.63. The maximum atomic E-state index is 5.24. The van der Waals surface area contributed by atoms with E-state index >= 15 is 0 Å². The van der Waals surface area contributed by atoms with Gasteiger partial charge < -0.3 is 15.4 Å². The van der Waals surface area contributed by atoms with Gasteiger partial charge in [0.2, 0.25) is 0 Å². The molecule has 0 unspecified atom stereocenters. The number of rotatable bonds is 6. The van der Waals surface area contributed by atoms with Gasteiger partial charge in [-0.15, -0.1) is 24.0 Å². The highest BCUT2D eigenvalue weighted by molar-refractivity contribution is 14.0. The van der Waals surface area contributed by atoms with Crippen molar-refractivity contribution in [3.05, 3.63) is 64.1 Å². The zero-order valence-corrected chi connectivity index (χ0v) is 17.8.